The third-order valence-electron chi connectivity index (χ3n) is 2.14. The van der Waals surface area contributed by atoms with Crippen molar-refractivity contribution in [3.8, 4) is 0 Å². The van der Waals surface area contributed by atoms with Crippen LogP contribution in [0.5, 0.6) is 0 Å². The van der Waals surface area contributed by atoms with E-state index in [1.54, 1.807) is 13.0 Å². The highest BCUT2D eigenvalue weighted by Gasteiger charge is 2.15. The maximum atomic E-state index is 11.7. The number of nitrogens with one attached hydrogen (secondary N) is 1. The van der Waals surface area contributed by atoms with Crippen LogP contribution in [0.25, 0.3) is 0 Å². The quantitative estimate of drug-likeness (QED) is 0.880. The monoisotopic (exact) mass is 284 g/mol. The van der Waals surface area contributed by atoms with Crippen molar-refractivity contribution in [2.45, 2.75) is 19.9 Å². The summed E-state index contributed by atoms with van der Waals surface area (Å²) in [6, 6.07) is 4.68. The van der Waals surface area contributed by atoms with Crippen LogP contribution < -0.4 is 11.1 Å². The smallest absolute Gasteiger partial charge is 0.253 e. The molecule has 86 valence electrons. The summed E-state index contributed by atoms with van der Waals surface area (Å²) in [5.74, 6) is -0.880. The van der Waals surface area contributed by atoms with E-state index < -0.39 is 11.9 Å². The molecule has 0 spiro atoms. The van der Waals surface area contributed by atoms with Gasteiger partial charge in [0, 0.05) is 4.47 Å². The molecule has 0 aliphatic rings. The average molecular weight is 285 g/mol. The number of hydrogen-bond acceptors (Lipinski definition) is 2. The molecule has 0 unspecified atom stereocenters. The molecule has 0 heterocycles. The zero-order valence-electron chi connectivity index (χ0n) is 9.08. The van der Waals surface area contributed by atoms with Crippen LogP contribution in [-0.4, -0.2) is 17.9 Å². The number of primary amides is 1. The lowest BCUT2D eigenvalue weighted by atomic mass is 10.1. The van der Waals surface area contributed by atoms with Crippen LogP contribution in [0.15, 0.2) is 22.7 Å². The highest BCUT2D eigenvalue weighted by atomic mass is 79.9. The van der Waals surface area contributed by atoms with Crippen LogP contribution in [0, 0.1) is 6.92 Å². The second-order valence-corrected chi connectivity index (χ2v) is 4.44. The lowest BCUT2D eigenvalue weighted by Gasteiger charge is -2.11. The Kier molecular flexibility index (Phi) is 4.06. The van der Waals surface area contributed by atoms with Gasteiger partial charge in [-0.3, -0.25) is 9.59 Å². The molecule has 16 heavy (non-hydrogen) atoms. The van der Waals surface area contributed by atoms with Crippen molar-refractivity contribution >= 4 is 27.7 Å². The predicted octanol–water partition coefficient (Wildman–Crippen LogP) is 1.36. The molecule has 2 amide bonds. The minimum Gasteiger partial charge on any atom is -0.368 e. The molecule has 0 aromatic heterocycles. The van der Waals surface area contributed by atoms with Crippen LogP contribution in [0.2, 0.25) is 0 Å². The Bertz CT molecular complexity index is 432. The van der Waals surface area contributed by atoms with E-state index in [9.17, 15) is 9.59 Å². The minimum atomic E-state index is -0.680. The molecule has 1 aromatic rings. The molecule has 0 bridgehead atoms. The van der Waals surface area contributed by atoms with Crippen LogP contribution in [-0.2, 0) is 4.79 Å². The van der Waals surface area contributed by atoms with E-state index in [2.05, 4.69) is 21.2 Å². The summed E-state index contributed by atoms with van der Waals surface area (Å²) in [5.41, 5.74) is 6.59. The Morgan fingerprint density at radius 2 is 2.06 bits per heavy atom. The molecule has 0 saturated carbocycles. The summed E-state index contributed by atoms with van der Waals surface area (Å²) >= 11 is 3.30. The first kappa shape index (κ1) is 12.7. The summed E-state index contributed by atoms with van der Waals surface area (Å²) in [6.45, 7) is 3.47. The molecule has 0 radical (unpaired) electrons. The first-order valence-corrected chi connectivity index (χ1v) is 5.57. The van der Waals surface area contributed by atoms with E-state index >= 15 is 0 Å². The standard InChI is InChI=1S/C11H13BrN2O2/c1-6-3-4-8(9(12)5-6)11(16)14-7(2)10(13)15/h3-5,7H,1-2H3,(H2,13,15)(H,14,16)/t7-/m0/s1. The molecule has 3 N–H and O–H groups in total. The lowest BCUT2D eigenvalue weighted by molar-refractivity contribution is -0.119. The molecular formula is C11H13BrN2O2. The van der Waals surface area contributed by atoms with Gasteiger partial charge in [0.15, 0.2) is 0 Å². The number of aryl methyl sites for hydroxylation is 1. The number of rotatable bonds is 3. The third-order valence-corrected chi connectivity index (χ3v) is 2.80. The summed E-state index contributed by atoms with van der Waals surface area (Å²) < 4.78 is 0.696. The Hall–Kier alpha value is -1.36. The first-order valence-electron chi connectivity index (χ1n) is 4.78. The summed E-state index contributed by atoms with van der Waals surface area (Å²) in [5, 5.41) is 2.51. The van der Waals surface area contributed by atoms with Crippen LogP contribution in [0.3, 0.4) is 0 Å². The molecule has 5 heteroatoms. The fourth-order valence-corrected chi connectivity index (χ4v) is 1.82. The minimum absolute atomic E-state index is 0.321. The summed E-state index contributed by atoms with van der Waals surface area (Å²) in [7, 11) is 0. The van der Waals surface area contributed by atoms with E-state index in [-0.39, 0.29) is 5.91 Å². The van der Waals surface area contributed by atoms with Crippen molar-refractivity contribution in [1.82, 2.24) is 5.32 Å². The highest BCUT2D eigenvalue weighted by molar-refractivity contribution is 9.10. The molecule has 1 atom stereocenters. The van der Waals surface area contributed by atoms with Gasteiger partial charge in [-0.2, -0.15) is 0 Å². The van der Waals surface area contributed by atoms with Crippen molar-refractivity contribution in [3.63, 3.8) is 0 Å². The van der Waals surface area contributed by atoms with E-state index in [1.807, 2.05) is 19.1 Å². The van der Waals surface area contributed by atoms with E-state index in [0.29, 0.717) is 10.0 Å². The molecule has 4 nitrogen and oxygen atoms in total. The second kappa shape index (κ2) is 5.12. The molecule has 1 rings (SSSR count). The number of halogens is 1. The number of benzene rings is 1. The zero-order chi connectivity index (χ0) is 12.3. The lowest BCUT2D eigenvalue weighted by Crippen LogP contribution is -2.42. The van der Waals surface area contributed by atoms with Gasteiger partial charge in [-0.1, -0.05) is 6.07 Å². The number of nitrogens with two attached hydrogens (primary N) is 1. The van der Waals surface area contributed by atoms with E-state index in [1.165, 1.54) is 0 Å². The van der Waals surface area contributed by atoms with Gasteiger partial charge in [-0.05, 0) is 47.5 Å². The Morgan fingerprint density at radius 3 is 2.56 bits per heavy atom. The van der Waals surface area contributed by atoms with Gasteiger partial charge in [0.25, 0.3) is 5.91 Å². The van der Waals surface area contributed by atoms with Crippen LogP contribution in [0.4, 0.5) is 0 Å². The second-order valence-electron chi connectivity index (χ2n) is 3.58. The molecule has 0 aliphatic carbocycles. The maximum Gasteiger partial charge on any atom is 0.253 e. The molecular weight excluding hydrogens is 272 g/mol. The van der Waals surface area contributed by atoms with E-state index in [0.717, 1.165) is 5.56 Å². The molecule has 1 aromatic carbocycles. The van der Waals surface area contributed by atoms with Crippen LogP contribution >= 0.6 is 15.9 Å². The highest BCUT2D eigenvalue weighted by Crippen LogP contribution is 2.18. The normalized spacial score (nSPS) is 11.9. The van der Waals surface area contributed by atoms with Crippen molar-refractivity contribution in [3.05, 3.63) is 33.8 Å². The van der Waals surface area contributed by atoms with Gasteiger partial charge in [-0.25, -0.2) is 0 Å². The average Bonchev–Trinajstić information content (AvgIpc) is 2.16. The fraction of sp³-hybridized carbons (Fsp3) is 0.273. The van der Waals surface area contributed by atoms with E-state index in [4.69, 9.17) is 5.73 Å². The summed E-state index contributed by atoms with van der Waals surface area (Å²) in [4.78, 5) is 22.5. The van der Waals surface area contributed by atoms with Crippen molar-refractivity contribution < 1.29 is 9.59 Å². The number of carbonyl (C=O) groups is 2. The van der Waals surface area contributed by atoms with Crippen molar-refractivity contribution in [2.75, 3.05) is 0 Å². The fourth-order valence-electron chi connectivity index (χ4n) is 1.15. The van der Waals surface area contributed by atoms with Gasteiger partial charge in [0.05, 0.1) is 5.56 Å². The van der Waals surface area contributed by atoms with Gasteiger partial charge >= 0.3 is 0 Å². The van der Waals surface area contributed by atoms with Crippen molar-refractivity contribution in [1.29, 1.82) is 0 Å². The SMILES string of the molecule is Cc1ccc(C(=O)N[C@@H](C)C(N)=O)c(Br)c1. The zero-order valence-corrected chi connectivity index (χ0v) is 10.7. The van der Waals surface area contributed by atoms with Gasteiger partial charge in [0.1, 0.15) is 6.04 Å². The predicted molar refractivity (Wildman–Crippen MR) is 65.0 cm³/mol. The number of hydrogen-bond donors (Lipinski definition) is 2. The topological polar surface area (TPSA) is 72.2 Å². The van der Waals surface area contributed by atoms with Crippen LogP contribution in [0.1, 0.15) is 22.8 Å². The molecule has 0 aliphatic heterocycles. The van der Waals surface area contributed by atoms with Gasteiger partial charge in [-0.15, -0.1) is 0 Å². The Labute approximate surface area is 102 Å². The molecule has 0 saturated heterocycles. The maximum absolute atomic E-state index is 11.7. The van der Waals surface area contributed by atoms with Gasteiger partial charge in [0.2, 0.25) is 5.91 Å². The Morgan fingerprint density at radius 1 is 1.44 bits per heavy atom. The summed E-state index contributed by atoms with van der Waals surface area (Å²) in [6.07, 6.45) is 0. The molecule has 0 fully saturated rings. The largest absolute Gasteiger partial charge is 0.368 e. The third kappa shape index (κ3) is 3.06. The number of amides is 2. The first-order chi connectivity index (χ1) is 7.41. The van der Waals surface area contributed by atoms with Gasteiger partial charge < -0.3 is 11.1 Å². The Balaban J connectivity index is 2.85. The number of carbonyl (C=O) groups excluding carboxylic acids is 2. The van der Waals surface area contributed by atoms with Crippen molar-refractivity contribution in [2.24, 2.45) is 5.73 Å².